The first-order valence-corrected chi connectivity index (χ1v) is 15.7. The number of pyridine rings is 2. The number of halogens is 1. The van der Waals surface area contributed by atoms with Crippen LogP contribution < -0.4 is 9.80 Å². The van der Waals surface area contributed by atoms with Crippen molar-refractivity contribution in [3.63, 3.8) is 0 Å². The van der Waals surface area contributed by atoms with Crippen molar-refractivity contribution < 1.29 is 4.39 Å². The number of imidazole rings is 1. The highest BCUT2D eigenvalue weighted by Crippen LogP contribution is 2.39. The van der Waals surface area contributed by atoms with Crippen LogP contribution in [0.5, 0.6) is 0 Å². The van der Waals surface area contributed by atoms with Crippen molar-refractivity contribution in [2.75, 3.05) is 29.4 Å². The molecule has 218 valence electrons. The Morgan fingerprint density at radius 1 is 0.767 bits per heavy atom. The number of anilines is 2. The van der Waals surface area contributed by atoms with Gasteiger partial charge in [-0.2, -0.15) is 0 Å². The molecule has 0 radical (unpaired) electrons. The second-order valence-electron chi connectivity index (χ2n) is 12.4. The van der Waals surface area contributed by atoms with E-state index in [1.165, 1.54) is 38.2 Å². The Morgan fingerprint density at radius 3 is 2.47 bits per heavy atom. The number of benzene rings is 1. The van der Waals surface area contributed by atoms with Crippen molar-refractivity contribution in [2.24, 2.45) is 11.8 Å². The monoisotopic (exact) mass is 573 g/mol. The number of hydrogen-bond donors (Lipinski definition) is 0. The predicted octanol–water partition coefficient (Wildman–Crippen LogP) is 7.35. The molecule has 2 aliphatic heterocycles. The summed E-state index contributed by atoms with van der Waals surface area (Å²) in [6, 6.07) is 21.4. The normalized spacial score (nSPS) is 19.4. The predicted molar refractivity (Wildman–Crippen MR) is 167 cm³/mol. The van der Waals surface area contributed by atoms with Gasteiger partial charge in [-0.15, -0.1) is 5.10 Å². The van der Waals surface area contributed by atoms with E-state index >= 15 is 0 Å². The third kappa shape index (κ3) is 5.35. The van der Waals surface area contributed by atoms with E-state index in [9.17, 15) is 4.39 Å². The van der Waals surface area contributed by atoms with Crippen LogP contribution in [0.25, 0.3) is 28.3 Å². The van der Waals surface area contributed by atoms with E-state index in [0.717, 1.165) is 89.8 Å². The van der Waals surface area contributed by atoms with E-state index in [2.05, 4.69) is 26.9 Å². The van der Waals surface area contributed by atoms with Crippen molar-refractivity contribution in [3.8, 4) is 22.6 Å². The Bertz CT molecular complexity index is 1750. The molecular formula is C35H36FN7. The summed E-state index contributed by atoms with van der Waals surface area (Å²) in [7, 11) is 0. The second-order valence-corrected chi connectivity index (χ2v) is 12.4. The van der Waals surface area contributed by atoms with Gasteiger partial charge in [0.1, 0.15) is 23.1 Å². The minimum absolute atomic E-state index is 0.0962. The van der Waals surface area contributed by atoms with Crippen LogP contribution >= 0.6 is 0 Å². The fraction of sp³-hybridized carbons (Fsp3) is 0.371. The van der Waals surface area contributed by atoms with Gasteiger partial charge in [0.05, 0.1) is 23.6 Å². The molecule has 6 heterocycles. The molecule has 0 amide bonds. The molecule has 3 aliphatic rings. The van der Waals surface area contributed by atoms with Gasteiger partial charge >= 0.3 is 0 Å². The first kappa shape index (κ1) is 26.3. The zero-order valence-corrected chi connectivity index (χ0v) is 24.3. The Hall–Kier alpha value is -4.33. The molecule has 3 fully saturated rings. The third-order valence-electron chi connectivity index (χ3n) is 9.48. The molecule has 8 rings (SSSR count). The van der Waals surface area contributed by atoms with Crippen LogP contribution in [0.3, 0.4) is 0 Å². The SMILES string of the molecule is Fc1cccc(C2CCCN2c2ccc3ncc(-c4cccc(-c5ccnc(N6CCC(CC7CC7)CC6)c5)n4)n3n2)c1. The summed E-state index contributed by atoms with van der Waals surface area (Å²) in [5.41, 5.74) is 5.37. The standard InChI is InChI=1S/C35H36FN7/c36-28-5-1-4-27(21-28)31-8-3-17-42(31)34-12-11-33-38-23-32(43(33)40-34)30-7-2-6-29(39-30)26-13-16-37-35(22-26)41-18-14-25(15-19-41)20-24-9-10-24/h1-2,4-7,11-13,16,21-25,31H,3,8-10,14-15,17-20H2. The van der Waals surface area contributed by atoms with Crippen molar-refractivity contribution >= 4 is 17.3 Å². The van der Waals surface area contributed by atoms with Crippen molar-refractivity contribution in [1.82, 2.24) is 24.6 Å². The second kappa shape index (κ2) is 11.1. The van der Waals surface area contributed by atoms with E-state index in [1.807, 2.05) is 53.3 Å². The molecule has 0 spiro atoms. The van der Waals surface area contributed by atoms with E-state index in [4.69, 9.17) is 15.1 Å². The van der Waals surface area contributed by atoms with Gasteiger partial charge in [-0.05, 0) is 98.0 Å². The van der Waals surface area contributed by atoms with Crippen LogP contribution in [0.15, 0.2) is 79.1 Å². The van der Waals surface area contributed by atoms with Gasteiger partial charge in [-0.1, -0.05) is 31.0 Å². The van der Waals surface area contributed by atoms with Gasteiger partial charge < -0.3 is 9.80 Å². The maximum Gasteiger partial charge on any atom is 0.154 e. The molecule has 1 saturated carbocycles. The Labute approximate surface area is 251 Å². The lowest BCUT2D eigenvalue weighted by Crippen LogP contribution is -2.34. The highest BCUT2D eigenvalue weighted by Gasteiger charge is 2.29. The van der Waals surface area contributed by atoms with Gasteiger partial charge in [-0.25, -0.2) is 23.9 Å². The largest absolute Gasteiger partial charge is 0.357 e. The molecule has 1 unspecified atom stereocenters. The van der Waals surface area contributed by atoms with E-state index in [1.54, 1.807) is 12.1 Å². The van der Waals surface area contributed by atoms with Crippen molar-refractivity contribution in [1.29, 1.82) is 0 Å². The first-order chi connectivity index (χ1) is 21.2. The van der Waals surface area contributed by atoms with Crippen molar-refractivity contribution in [2.45, 2.75) is 51.0 Å². The quantitative estimate of drug-likeness (QED) is 0.203. The van der Waals surface area contributed by atoms with E-state index in [-0.39, 0.29) is 11.9 Å². The molecule has 7 nitrogen and oxygen atoms in total. The number of fused-ring (bicyclic) bond motifs is 1. The maximum atomic E-state index is 14.0. The highest BCUT2D eigenvalue weighted by molar-refractivity contribution is 5.68. The summed E-state index contributed by atoms with van der Waals surface area (Å²) >= 11 is 0. The molecule has 1 aliphatic carbocycles. The highest BCUT2D eigenvalue weighted by atomic mass is 19.1. The molecule has 2 saturated heterocycles. The summed E-state index contributed by atoms with van der Waals surface area (Å²) in [5, 5.41) is 5.03. The van der Waals surface area contributed by atoms with E-state index in [0.29, 0.717) is 0 Å². The fourth-order valence-electron chi connectivity index (χ4n) is 7.00. The lowest BCUT2D eigenvalue weighted by molar-refractivity contribution is 0.363. The Morgan fingerprint density at radius 2 is 1.60 bits per heavy atom. The third-order valence-corrected chi connectivity index (χ3v) is 9.48. The lowest BCUT2D eigenvalue weighted by atomic mass is 9.91. The summed E-state index contributed by atoms with van der Waals surface area (Å²) in [6.07, 6.45) is 12.6. The zero-order valence-electron chi connectivity index (χ0n) is 24.3. The molecule has 4 aromatic heterocycles. The van der Waals surface area contributed by atoms with Gasteiger partial charge in [0.25, 0.3) is 0 Å². The number of hydrogen-bond acceptors (Lipinski definition) is 6. The number of aromatic nitrogens is 5. The number of rotatable bonds is 7. The molecule has 1 aromatic carbocycles. The Kier molecular flexibility index (Phi) is 6.77. The van der Waals surface area contributed by atoms with Crippen LogP contribution in [0.4, 0.5) is 16.0 Å². The molecule has 0 bridgehead atoms. The molecule has 43 heavy (non-hydrogen) atoms. The minimum atomic E-state index is -0.203. The average molecular weight is 574 g/mol. The minimum Gasteiger partial charge on any atom is -0.357 e. The molecule has 5 aromatic rings. The summed E-state index contributed by atoms with van der Waals surface area (Å²) < 4.78 is 15.9. The fourth-order valence-corrected chi connectivity index (χ4v) is 7.00. The van der Waals surface area contributed by atoms with Crippen LogP contribution in [-0.4, -0.2) is 44.2 Å². The molecule has 8 heteroatoms. The summed E-state index contributed by atoms with van der Waals surface area (Å²) in [5.74, 6) is 3.57. The van der Waals surface area contributed by atoms with Gasteiger partial charge in [0.2, 0.25) is 0 Å². The summed E-state index contributed by atoms with van der Waals surface area (Å²) in [4.78, 5) is 19.1. The van der Waals surface area contributed by atoms with Crippen LogP contribution in [0, 0.1) is 17.7 Å². The smallest absolute Gasteiger partial charge is 0.154 e. The Balaban J connectivity index is 1.06. The molecular weight excluding hydrogens is 537 g/mol. The molecule has 0 N–H and O–H groups in total. The number of nitrogens with zero attached hydrogens (tertiary/aromatic N) is 7. The zero-order chi connectivity index (χ0) is 28.8. The van der Waals surface area contributed by atoms with E-state index < -0.39 is 0 Å². The average Bonchev–Trinajstić information content (AvgIpc) is 3.55. The van der Waals surface area contributed by atoms with Gasteiger partial charge in [0.15, 0.2) is 5.65 Å². The van der Waals surface area contributed by atoms with Crippen LogP contribution in [-0.2, 0) is 0 Å². The molecule has 1 atom stereocenters. The summed E-state index contributed by atoms with van der Waals surface area (Å²) in [6.45, 7) is 3.03. The lowest BCUT2D eigenvalue weighted by Gasteiger charge is -2.33. The van der Waals surface area contributed by atoms with Crippen molar-refractivity contribution in [3.05, 3.63) is 90.5 Å². The first-order valence-electron chi connectivity index (χ1n) is 15.7. The topological polar surface area (TPSA) is 62.5 Å². The van der Waals surface area contributed by atoms with Gasteiger partial charge in [-0.3, -0.25) is 0 Å². The van der Waals surface area contributed by atoms with Crippen LogP contribution in [0.2, 0.25) is 0 Å². The van der Waals surface area contributed by atoms with Crippen LogP contribution in [0.1, 0.15) is 56.6 Å². The maximum absolute atomic E-state index is 14.0. The number of piperidine rings is 1. The van der Waals surface area contributed by atoms with Gasteiger partial charge in [0, 0.05) is 31.4 Å².